The van der Waals surface area contributed by atoms with E-state index in [-0.39, 0.29) is 6.61 Å². The number of hydrogen-bond donors (Lipinski definition) is 1. The largest absolute Gasteiger partial charge is 0.396 e. The molecule has 0 bridgehead atoms. The third-order valence-electron chi connectivity index (χ3n) is 2.52. The first kappa shape index (κ1) is 11.7. The second-order valence-electron chi connectivity index (χ2n) is 3.92. The highest BCUT2D eigenvalue weighted by atomic mass is 79.9. The van der Waals surface area contributed by atoms with Crippen LogP contribution in [0.15, 0.2) is 28.7 Å². The van der Waals surface area contributed by atoms with E-state index < -0.39 is 0 Å². The molecule has 14 heavy (non-hydrogen) atoms. The summed E-state index contributed by atoms with van der Waals surface area (Å²) in [6, 6.07) is 8.34. The average molecular weight is 257 g/mol. The van der Waals surface area contributed by atoms with E-state index in [1.807, 2.05) is 12.1 Å². The fourth-order valence-electron chi connectivity index (χ4n) is 1.76. The van der Waals surface area contributed by atoms with Gasteiger partial charge in [0.1, 0.15) is 0 Å². The molecule has 1 rings (SSSR count). The molecule has 0 fully saturated rings. The lowest BCUT2D eigenvalue weighted by molar-refractivity contribution is 0.261. The monoisotopic (exact) mass is 256 g/mol. The smallest absolute Gasteiger partial charge is 0.0436 e. The molecule has 0 aliphatic rings. The molecule has 2 heteroatoms. The van der Waals surface area contributed by atoms with Gasteiger partial charge >= 0.3 is 0 Å². The number of benzene rings is 1. The summed E-state index contributed by atoms with van der Waals surface area (Å²) in [5.41, 5.74) is 1.31. The molecule has 0 saturated heterocycles. The van der Waals surface area contributed by atoms with Crippen LogP contribution < -0.4 is 0 Å². The van der Waals surface area contributed by atoms with E-state index in [4.69, 9.17) is 5.11 Å². The molecule has 1 aromatic carbocycles. The fraction of sp³-hybridized carbons (Fsp3) is 0.500. The summed E-state index contributed by atoms with van der Waals surface area (Å²) in [6.07, 6.45) is 0.841. The highest BCUT2D eigenvalue weighted by Gasteiger charge is 2.14. The zero-order valence-electron chi connectivity index (χ0n) is 8.70. The first-order valence-electron chi connectivity index (χ1n) is 5.01. The Kier molecular flexibility index (Phi) is 4.63. The van der Waals surface area contributed by atoms with Gasteiger partial charge in [-0.3, -0.25) is 0 Å². The van der Waals surface area contributed by atoms with Crippen molar-refractivity contribution < 1.29 is 5.11 Å². The van der Waals surface area contributed by atoms with Gasteiger partial charge in [0.05, 0.1) is 0 Å². The fourth-order valence-corrected chi connectivity index (χ4v) is 2.18. The summed E-state index contributed by atoms with van der Waals surface area (Å²) in [5.74, 6) is 1.02. The van der Waals surface area contributed by atoms with Crippen molar-refractivity contribution in [1.29, 1.82) is 0 Å². The Hall–Kier alpha value is -0.340. The van der Waals surface area contributed by atoms with Gasteiger partial charge in [-0.1, -0.05) is 41.9 Å². The van der Waals surface area contributed by atoms with Crippen LogP contribution in [0.3, 0.4) is 0 Å². The highest BCUT2D eigenvalue weighted by molar-refractivity contribution is 9.10. The van der Waals surface area contributed by atoms with E-state index in [2.05, 4.69) is 41.9 Å². The second kappa shape index (κ2) is 5.52. The molecule has 0 radical (unpaired) electrons. The van der Waals surface area contributed by atoms with Crippen LogP contribution in [0.5, 0.6) is 0 Å². The van der Waals surface area contributed by atoms with Crippen LogP contribution in [0.2, 0.25) is 0 Å². The Morgan fingerprint density at radius 2 is 2.07 bits per heavy atom. The molecule has 0 aliphatic heterocycles. The summed E-state index contributed by atoms with van der Waals surface area (Å²) in [7, 11) is 0. The molecule has 0 aliphatic carbocycles. The lowest BCUT2D eigenvalue weighted by Gasteiger charge is -2.20. The zero-order valence-corrected chi connectivity index (χ0v) is 10.3. The molecular weight excluding hydrogens is 240 g/mol. The number of rotatable bonds is 4. The maximum Gasteiger partial charge on any atom is 0.0436 e. The maximum absolute atomic E-state index is 9.00. The van der Waals surface area contributed by atoms with Gasteiger partial charge in [-0.25, -0.2) is 0 Å². The Labute approximate surface area is 94.3 Å². The van der Waals surface area contributed by atoms with E-state index >= 15 is 0 Å². The summed E-state index contributed by atoms with van der Waals surface area (Å²) in [6.45, 7) is 4.65. The average Bonchev–Trinajstić information content (AvgIpc) is 2.13. The van der Waals surface area contributed by atoms with Gasteiger partial charge in [-0.2, -0.15) is 0 Å². The predicted octanol–water partition coefficient (Wildman–Crippen LogP) is 3.57. The molecule has 1 atom stereocenters. The van der Waals surface area contributed by atoms with Crippen LogP contribution in [0.25, 0.3) is 0 Å². The lowest BCUT2D eigenvalue weighted by atomic mass is 9.86. The number of aliphatic hydroxyl groups excluding tert-OH is 1. The van der Waals surface area contributed by atoms with Crippen LogP contribution in [0, 0.1) is 5.92 Å². The van der Waals surface area contributed by atoms with Crippen molar-refractivity contribution in [3.05, 3.63) is 34.3 Å². The Morgan fingerprint density at radius 3 is 2.57 bits per heavy atom. The SMILES string of the molecule is CC(C)C(CCO)c1cccc(Br)c1. The second-order valence-corrected chi connectivity index (χ2v) is 4.83. The molecule has 1 N–H and O–H groups in total. The molecule has 78 valence electrons. The highest BCUT2D eigenvalue weighted by Crippen LogP contribution is 2.29. The Morgan fingerprint density at radius 1 is 1.36 bits per heavy atom. The van der Waals surface area contributed by atoms with Crippen molar-refractivity contribution in [2.24, 2.45) is 5.92 Å². The molecule has 1 nitrogen and oxygen atoms in total. The summed E-state index contributed by atoms with van der Waals surface area (Å²) >= 11 is 3.47. The molecule has 0 amide bonds. The van der Waals surface area contributed by atoms with Crippen molar-refractivity contribution in [3.8, 4) is 0 Å². The minimum atomic E-state index is 0.259. The number of hydrogen-bond acceptors (Lipinski definition) is 1. The van der Waals surface area contributed by atoms with E-state index in [0.717, 1.165) is 10.9 Å². The molecule has 1 aromatic rings. The standard InChI is InChI=1S/C12H17BrO/c1-9(2)12(6-7-14)10-4-3-5-11(13)8-10/h3-5,8-9,12,14H,6-7H2,1-2H3. The van der Waals surface area contributed by atoms with Gasteiger partial charge in [0.15, 0.2) is 0 Å². The Bertz CT molecular complexity index is 283. The van der Waals surface area contributed by atoms with Gasteiger partial charge < -0.3 is 5.11 Å². The number of aliphatic hydroxyl groups is 1. The summed E-state index contributed by atoms with van der Waals surface area (Å²) < 4.78 is 1.11. The quantitative estimate of drug-likeness (QED) is 0.874. The normalized spacial score (nSPS) is 13.2. The van der Waals surface area contributed by atoms with Crippen LogP contribution in [0.1, 0.15) is 31.7 Å². The van der Waals surface area contributed by atoms with Crippen LogP contribution in [-0.2, 0) is 0 Å². The van der Waals surface area contributed by atoms with E-state index in [1.54, 1.807) is 0 Å². The minimum absolute atomic E-state index is 0.259. The Balaban J connectivity index is 2.87. The molecule has 0 heterocycles. The molecule has 1 unspecified atom stereocenters. The van der Waals surface area contributed by atoms with E-state index in [0.29, 0.717) is 11.8 Å². The zero-order chi connectivity index (χ0) is 10.6. The van der Waals surface area contributed by atoms with Gasteiger partial charge in [0.2, 0.25) is 0 Å². The summed E-state index contributed by atoms with van der Waals surface area (Å²) in [4.78, 5) is 0. The summed E-state index contributed by atoms with van der Waals surface area (Å²) in [5, 5.41) is 9.00. The first-order chi connectivity index (χ1) is 6.65. The minimum Gasteiger partial charge on any atom is -0.396 e. The predicted molar refractivity (Wildman–Crippen MR) is 63.4 cm³/mol. The third-order valence-corrected chi connectivity index (χ3v) is 3.01. The van der Waals surface area contributed by atoms with Crippen LogP contribution >= 0.6 is 15.9 Å². The molecular formula is C12H17BrO. The first-order valence-corrected chi connectivity index (χ1v) is 5.80. The van der Waals surface area contributed by atoms with Crippen LogP contribution in [0.4, 0.5) is 0 Å². The van der Waals surface area contributed by atoms with Gasteiger partial charge in [0.25, 0.3) is 0 Å². The van der Waals surface area contributed by atoms with Crippen molar-refractivity contribution in [2.75, 3.05) is 6.61 Å². The van der Waals surface area contributed by atoms with Crippen LogP contribution in [-0.4, -0.2) is 11.7 Å². The van der Waals surface area contributed by atoms with Gasteiger partial charge in [0, 0.05) is 11.1 Å². The van der Waals surface area contributed by atoms with E-state index in [1.165, 1.54) is 5.56 Å². The molecule has 0 spiro atoms. The molecule has 0 aromatic heterocycles. The van der Waals surface area contributed by atoms with Crippen molar-refractivity contribution in [2.45, 2.75) is 26.2 Å². The van der Waals surface area contributed by atoms with Crippen molar-refractivity contribution in [1.82, 2.24) is 0 Å². The third kappa shape index (κ3) is 3.10. The topological polar surface area (TPSA) is 20.2 Å². The van der Waals surface area contributed by atoms with Crippen molar-refractivity contribution in [3.63, 3.8) is 0 Å². The number of halogens is 1. The van der Waals surface area contributed by atoms with Gasteiger partial charge in [-0.15, -0.1) is 0 Å². The maximum atomic E-state index is 9.00. The van der Waals surface area contributed by atoms with Gasteiger partial charge in [-0.05, 0) is 36.0 Å². The van der Waals surface area contributed by atoms with E-state index in [9.17, 15) is 0 Å². The van der Waals surface area contributed by atoms with Crippen molar-refractivity contribution >= 4 is 15.9 Å². The lowest BCUT2D eigenvalue weighted by Crippen LogP contribution is -2.08. The molecule has 0 saturated carbocycles.